The summed E-state index contributed by atoms with van der Waals surface area (Å²) in [6, 6.07) is 0.719. The van der Waals surface area contributed by atoms with Gasteiger partial charge in [-0.2, -0.15) is 5.10 Å². The first-order valence-corrected chi connectivity index (χ1v) is 8.03. The highest BCUT2D eigenvalue weighted by Gasteiger charge is 2.27. The number of hydrogen-bond acceptors (Lipinski definition) is 4. The van der Waals surface area contributed by atoms with E-state index in [1.165, 1.54) is 5.56 Å². The Morgan fingerprint density at radius 3 is 2.86 bits per heavy atom. The van der Waals surface area contributed by atoms with Crippen molar-refractivity contribution in [3.63, 3.8) is 0 Å². The molecule has 0 aliphatic carbocycles. The Hall–Kier alpha value is -1.66. The van der Waals surface area contributed by atoms with Crippen LogP contribution in [-0.2, 0) is 13.6 Å². The molecular formula is C16H26N6. The lowest BCUT2D eigenvalue weighted by Gasteiger charge is -2.35. The summed E-state index contributed by atoms with van der Waals surface area (Å²) in [4.78, 5) is 7.06. The van der Waals surface area contributed by atoms with E-state index in [0.717, 1.165) is 37.7 Å². The summed E-state index contributed by atoms with van der Waals surface area (Å²) in [7, 11) is 2.07. The lowest BCUT2D eigenvalue weighted by Crippen LogP contribution is -2.46. The molecule has 3 heterocycles. The van der Waals surface area contributed by atoms with Crippen molar-refractivity contribution in [1.82, 2.24) is 29.5 Å². The number of rotatable bonds is 4. The minimum atomic E-state index is 0.315. The molecule has 2 aromatic heterocycles. The second-order valence-electron chi connectivity index (χ2n) is 6.40. The smallest absolute Gasteiger partial charge is 0.127 e. The van der Waals surface area contributed by atoms with Crippen LogP contribution in [0.15, 0.2) is 18.6 Å². The molecule has 1 N–H and O–H groups in total. The fourth-order valence-corrected chi connectivity index (χ4v) is 3.05. The van der Waals surface area contributed by atoms with Gasteiger partial charge in [-0.05, 0) is 20.8 Å². The SMILES string of the molecule is Cc1nn(C(C)C)cc1CN1CCNCC1c1nccn1C. The van der Waals surface area contributed by atoms with Gasteiger partial charge in [0, 0.05) is 63.4 Å². The molecule has 120 valence electrons. The van der Waals surface area contributed by atoms with Gasteiger partial charge in [0.05, 0.1) is 11.7 Å². The van der Waals surface area contributed by atoms with E-state index in [9.17, 15) is 0 Å². The molecule has 1 atom stereocenters. The zero-order valence-corrected chi connectivity index (χ0v) is 14.0. The van der Waals surface area contributed by atoms with Gasteiger partial charge in [-0.3, -0.25) is 9.58 Å². The summed E-state index contributed by atoms with van der Waals surface area (Å²) in [6.45, 7) is 10.4. The molecule has 0 spiro atoms. The van der Waals surface area contributed by atoms with Crippen LogP contribution in [0.3, 0.4) is 0 Å². The van der Waals surface area contributed by atoms with Gasteiger partial charge >= 0.3 is 0 Å². The van der Waals surface area contributed by atoms with E-state index in [0.29, 0.717) is 12.1 Å². The van der Waals surface area contributed by atoms with Gasteiger partial charge in [-0.25, -0.2) is 4.98 Å². The number of hydrogen-bond donors (Lipinski definition) is 1. The Bertz CT molecular complexity index is 626. The minimum absolute atomic E-state index is 0.315. The van der Waals surface area contributed by atoms with Crippen LogP contribution in [0.2, 0.25) is 0 Å². The van der Waals surface area contributed by atoms with Crippen molar-refractivity contribution in [2.24, 2.45) is 7.05 Å². The molecule has 0 radical (unpaired) electrons. The quantitative estimate of drug-likeness (QED) is 0.933. The summed E-state index contributed by atoms with van der Waals surface area (Å²) in [5, 5.41) is 8.12. The summed E-state index contributed by atoms with van der Waals surface area (Å²) in [5.74, 6) is 1.13. The van der Waals surface area contributed by atoms with Crippen molar-refractivity contribution in [1.29, 1.82) is 0 Å². The van der Waals surface area contributed by atoms with Crippen LogP contribution in [0.5, 0.6) is 0 Å². The van der Waals surface area contributed by atoms with Crippen LogP contribution in [0.25, 0.3) is 0 Å². The molecule has 0 aromatic carbocycles. The number of aryl methyl sites for hydroxylation is 2. The molecule has 3 rings (SSSR count). The van der Waals surface area contributed by atoms with E-state index in [2.05, 4.69) is 63.6 Å². The van der Waals surface area contributed by atoms with Crippen molar-refractivity contribution < 1.29 is 0 Å². The molecule has 1 aliphatic rings. The summed E-state index contributed by atoms with van der Waals surface area (Å²) < 4.78 is 4.18. The highest BCUT2D eigenvalue weighted by molar-refractivity contribution is 5.16. The minimum Gasteiger partial charge on any atom is -0.337 e. The topological polar surface area (TPSA) is 50.9 Å². The van der Waals surface area contributed by atoms with Gasteiger partial charge in [0.25, 0.3) is 0 Å². The van der Waals surface area contributed by atoms with Gasteiger partial charge in [-0.1, -0.05) is 0 Å². The zero-order chi connectivity index (χ0) is 15.7. The van der Waals surface area contributed by atoms with Crippen molar-refractivity contribution in [2.45, 2.75) is 39.4 Å². The van der Waals surface area contributed by atoms with Crippen LogP contribution >= 0.6 is 0 Å². The largest absolute Gasteiger partial charge is 0.337 e. The molecule has 1 aliphatic heterocycles. The summed E-state index contributed by atoms with van der Waals surface area (Å²) >= 11 is 0. The van der Waals surface area contributed by atoms with E-state index < -0.39 is 0 Å². The van der Waals surface area contributed by atoms with Crippen LogP contribution in [-0.4, -0.2) is 43.9 Å². The molecule has 0 bridgehead atoms. The first-order chi connectivity index (χ1) is 10.6. The first-order valence-electron chi connectivity index (χ1n) is 8.03. The van der Waals surface area contributed by atoms with Gasteiger partial charge in [-0.15, -0.1) is 0 Å². The van der Waals surface area contributed by atoms with E-state index in [1.54, 1.807) is 0 Å². The van der Waals surface area contributed by atoms with Gasteiger partial charge < -0.3 is 9.88 Å². The van der Waals surface area contributed by atoms with E-state index >= 15 is 0 Å². The fourth-order valence-electron chi connectivity index (χ4n) is 3.05. The second-order valence-corrected chi connectivity index (χ2v) is 6.40. The summed E-state index contributed by atoms with van der Waals surface area (Å²) in [5.41, 5.74) is 2.45. The molecule has 0 saturated carbocycles. The third kappa shape index (κ3) is 2.94. The normalized spacial score (nSPS) is 20.0. The molecule has 6 heteroatoms. The maximum Gasteiger partial charge on any atom is 0.127 e. The molecule has 1 fully saturated rings. The monoisotopic (exact) mass is 302 g/mol. The average Bonchev–Trinajstić information content (AvgIpc) is 3.07. The zero-order valence-electron chi connectivity index (χ0n) is 14.0. The Kier molecular flexibility index (Phi) is 4.31. The maximum absolute atomic E-state index is 4.63. The Morgan fingerprint density at radius 1 is 1.41 bits per heavy atom. The number of imidazole rings is 1. The number of nitrogens with zero attached hydrogens (tertiary/aromatic N) is 5. The van der Waals surface area contributed by atoms with Crippen molar-refractivity contribution in [3.05, 3.63) is 35.7 Å². The van der Waals surface area contributed by atoms with Crippen LogP contribution < -0.4 is 5.32 Å². The van der Waals surface area contributed by atoms with Crippen LogP contribution in [0.1, 0.15) is 43.0 Å². The lowest BCUT2D eigenvalue weighted by atomic mass is 10.1. The van der Waals surface area contributed by atoms with Gasteiger partial charge in [0.1, 0.15) is 5.82 Å². The Labute approximate surface area is 132 Å². The Balaban J connectivity index is 1.81. The molecule has 1 unspecified atom stereocenters. The standard InChI is InChI=1S/C16H26N6/c1-12(2)22-11-14(13(3)19-22)10-21-8-5-17-9-15(21)16-18-6-7-20(16)4/h6-7,11-12,15,17H,5,8-10H2,1-4H3. The van der Waals surface area contributed by atoms with Crippen molar-refractivity contribution in [3.8, 4) is 0 Å². The predicted octanol–water partition coefficient (Wildman–Crippen LogP) is 1.65. The van der Waals surface area contributed by atoms with Crippen molar-refractivity contribution in [2.75, 3.05) is 19.6 Å². The van der Waals surface area contributed by atoms with Crippen LogP contribution in [0, 0.1) is 6.92 Å². The third-order valence-corrected chi connectivity index (χ3v) is 4.43. The molecule has 22 heavy (non-hydrogen) atoms. The summed E-state index contributed by atoms with van der Waals surface area (Å²) in [6.07, 6.45) is 6.09. The van der Waals surface area contributed by atoms with E-state index in [1.807, 2.05) is 12.4 Å². The van der Waals surface area contributed by atoms with Gasteiger partial charge in [0.15, 0.2) is 0 Å². The molecule has 0 amide bonds. The second kappa shape index (κ2) is 6.22. The third-order valence-electron chi connectivity index (χ3n) is 4.43. The van der Waals surface area contributed by atoms with E-state index in [-0.39, 0.29) is 0 Å². The first kappa shape index (κ1) is 15.2. The Morgan fingerprint density at radius 2 is 2.23 bits per heavy atom. The predicted molar refractivity (Wildman–Crippen MR) is 86.6 cm³/mol. The number of piperazine rings is 1. The average molecular weight is 302 g/mol. The molecule has 6 nitrogen and oxygen atoms in total. The molecule has 1 saturated heterocycles. The maximum atomic E-state index is 4.63. The van der Waals surface area contributed by atoms with Crippen molar-refractivity contribution >= 4 is 0 Å². The highest BCUT2D eigenvalue weighted by atomic mass is 15.3. The van der Waals surface area contributed by atoms with Gasteiger partial charge in [0.2, 0.25) is 0 Å². The van der Waals surface area contributed by atoms with Crippen LogP contribution in [0.4, 0.5) is 0 Å². The number of aromatic nitrogens is 4. The highest BCUT2D eigenvalue weighted by Crippen LogP contribution is 2.23. The van der Waals surface area contributed by atoms with E-state index in [4.69, 9.17) is 0 Å². The number of nitrogens with one attached hydrogen (secondary N) is 1. The molecular weight excluding hydrogens is 276 g/mol. The lowest BCUT2D eigenvalue weighted by molar-refractivity contribution is 0.144. The molecule has 2 aromatic rings. The fraction of sp³-hybridized carbons (Fsp3) is 0.625.